The molecule has 15 nitrogen and oxygen atoms in total. The summed E-state index contributed by atoms with van der Waals surface area (Å²) in [4.78, 5) is 64.0. The number of fused-ring (bicyclic) bond motifs is 5. The minimum Gasteiger partial charge on any atom is -0.474 e. The van der Waals surface area contributed by atoms with E-state index < -0.39 is 56.7 Å². The summed E-state index contributed by atoms with van der Waals surface area (Å²) in [5.74, 6) is 0.164. The Morgan fingerprint density at radius 2 is 1.77 bits per heavy atom. The van der Waals surface area contributed by atoms with Crippen LogP contribution in [0.2, 0.25) is 5.15 Å². The number of nitrogens with zero attached hydrogens (tertiary/aromatic N) is 6. The standard InChI is InChI=1S/C40H44B2ClF2N6O9P/c1-5-26-28(44)9-8-22-14-25(56-19-57-61(54)55)16-27(29(22)26)32-31(45)33-30(34(43)46-32)35(48-37(47-33)60-40(41,42)39-10-6-12-50(39)13-7-11-39)49-17-23-15-24(18-49)51(23)38(53)59-21(4)58-36(52)20(2)3/h1,8-9,14,16,20-21,23-24,54-55H,6-7,10-13,15,17-19,41-42H2,2-4H3. The largest absolute Gasteiger partial charge is 0.474 e. The fourth-order valence-corrected chi connectivity index (χ4v) is 9.94. The molecule has 5 fully saturated rings. The van der Waals surface area contributed by atoms with Gasteiger partial charge in [0.2, 0.25) is 6.29 Å². The van der Waals surface area contributed by atoms with Crippen LogP contribution in [-0.2, 0) is 18.8 Å². The second-order valence-electron chi connectivity index (χ2n) is 16.6. The van der Waals surface area contributed by atoms with Crippen LogP contribution in [0.4, 0.5) is 19.4 Å². The summed E-state index contributed by atoms with van der Waals surface area (Å²) in [6.45, 7) is 6.69. The van der Waals surface area contributed by atoms with E-state index >= 15 is 8.78 Å². The lowest BCUT2D eigenvalue weighted by molar-refractivity contribution is -0.171. The van der Waals surface area contributed by atoms with E-state index in [2.05, 4.69) is 15.8 Å². The third-order valence-electron chi connectivity index (χ3n) is 12.4. The quantitative estimate of drug-likeness (QED) is 0.0519. The zero-order valence-electron chi connectivity index (χ0n) is 34.3. The van der Waals surface area contributed by atoms with Gasteiger partial charge in [-0.05, 0) is 68.8 Å². The first-order chi connectivity index (χ1) is 29.0. The molecule has 7 heterocycles. The Morgan fingerprint density at radius 1 is 1.07 bits per heavy atom. The number of terminal acetylenes is 1. The van der Waals surface area contributed by atoms with Gasteiger partial charge in [-0.25, -0.2) is 18.6 Å². The molecule has 0 saturated carbocycles. The SMILES string of the molecule is BC(B)(Oc1nc(N2CC3CC(C2)N3C(=O)OC(C)OC(=O)C(C)C)c2c(Cl)nc(-c3cc(OCOP(O)O)cc4ccc(F)c(C#C)c34)c(F)c2n1)C12CCCN1CCC2. The van der Waals surface area contributed by atoms with E-state index in [4.69, 9.17) is 51.5 Å². The van der Waals surface area contributed by atoms with Gasteiger partial charge < -0.3 is 33.6 Å². The molecule has 5 aliphatic heterocycles. The van der Waals surface area contributed by atoms with Gasteiger partial charge >= 0.3 is 26.7 Å². The van der Waals surface area contributed by atoms with Crippen molar-refractivity contribution in [2.75, 3.05) is 37.9 Å². The van der Waals surface area contributed by atoms with Crippen LogP contribution in [-0.4, -0.2) is 125 Å². The molecule has 21 heteroatoms. The van der Waals surface area contributed by atoms with E-state index in [9.17, 15) is 19.4 Å². The van der Waals surface area contributed by atoms with Crippen molar-refractivity contribution in [3.8, 4) is 35.4 Å². The molecule has 9 rings (SSSR count). The first kappa shape index (κ1) is 43.1. The number of hydrogen-bond acceptors (Lipinski definition) is 14. The van der Waals surface area contributed by atoms with Crippen LogP contribution in [0.15, 0.2) is 24.3 Å². The van der Waals surface area contributed by atoms with Gasteiger partial charge in [-0.2, -0.15) is 9.97 Å². The number of hydrogen-bond donors (Lipinski definition) is 2. The van der Waals surface area contributed by atoms with Crippen molar-refractivity contribution in [3.05, 3.63) is 46.6 Å². The van der Waals surface area contributed by atoms with Crippen molar-refractivity contribution in [1.82, 2.24) is 24.8 Å². The van der Waals surface area contributed by atoms with Crippen LogP contribution in [0.25, 0.3) is 32.9 Å². The number of piperidine rings is 1. The van der Waals surface area contributed by atoms with Crippen LogP contribution >= 0.6 is 20.2 Å². The molecule has 0 spiro atoms. The fraction of sp³-hybridized carbons (Fsp3) is 0.475. The van der Waals surface area contributed by atoms with Crippen molar-refractivity contribution in [1.29, 1.82) is 0 Å². The number of carbonyl (C=O) groups excluding carboxylic acids is 2. The topological polar surface area (TPSA) is 169 Å². The monoisotopic (exact) mass is 878 g/mol. The third-order valence-corrected chi connectivity index (χ3v) is 13.0. The number of rotatable bonds is 12. The molecule has 0 aliphatic carbocycles. The number of amides is 1. The Labute approximate surface area is 358 Å². The van der Waals surface area contributed by atoms with Crippen LogP contribution in [0.1, 0.15) is 58.4 Å². The van der Waals surface area contributed by atoms with E-state index in [1.54, 1.807) is 18.7 Å². The Balaban J connectivity index is 1.22. The molecular formula is C40H44B2ClF2N6O9P. The molecular weight excluding hydrogens is 835 g/mol. The lowest BCUT2D eigenvalue weighted by atomic mass is 9.53. The highest BCUT2D eigenvalue weighted by atomic mass is 35.5. The number of halogens is 3. The summed E-state index contributed by atoms with van der Waals surface area (Å²) in [5.41, 5.74) is -0.965. The summed E-state index contributed by atoms with van der Waals surface area (Å²) in [6, 6.07) is 4.76. The van der Waals surface area contributed by atoms with Crippen molar-refractivity contribution in [2.45, 2.75) is 82.2 Å². The van der Waals surface area contributed by atoms with Gasteiger partial charge in [0.15, 0.2) is 12.6 Å². The first-order valence-corrected chi connectivity index (χ1v) is 21.7. The van der Waals surface area contributed by atoms with Crippen molar-refractivity contribution in [3.63, 3.8) is 0 Å². The van der Waals surface area contributed by atoms with Gasteiger partial charge in [0, 0.05) is 36.5 Å². The zero-order valence-corrected chi connectivity index (χ0v) is 35.9. The minimum atomic E-state index is -2.73. The fourth-order valence-electron chi connectivity index (χ4n) is 9.53. The average molecular weight is 879 g/mol. The van der Waals surface area contributed by atoms with E-state index in [0.29, 0.717) is 11.8 Å². The van der Waals surface area contributed by atoms with Crippen LogP contribution in [0.3, 0.4) is 0 Å². The Morgan fingerprint density at radius 3 is 2.43 bits per heavy atom. The summed E-state index contributed by atoms with van der Waals surface area (Å²) in [7, 11) is 1.26. The predicted octanol–water partition coefficient (Wildman–Crippen LogP) is 4.19. The third kappa shape index (κ3) is 7.80. The maximum absolute atomic E-state index is 17.6. The number of carbonyl (C=O) groups is 2. The van der Waals surface area contributed by atoms with Gasteiger partial charge in [-0.3, -0.25) is 19.1 Å². The molecule has 320 valence electrons. The number of aromatic nitrogens is 3. The Hall–Kier alpha value is -4.56. The highest BCUT2D eigenvalue weighted by Crippen LogP contribution is 2.47. The van der Waals surface area contributed by atoms with Crippen LogP contribution in [0, 0.1) is 29.9 Å². The maximum Gasteiger partial charge on any atom is 0.413 e. The number of benzene rings is 2. The summed E-state index contributed by atoms with van der Waals surface area (Å²) in [5, 5.41) is -0.383. The van der Waals surface area contributed by atoms with Crippen molar-refractivity contribution in [2.24, 2.45) is 5.92 Å². The van der Waals surface area contributed by atoms with Crippen molar-refractivity contribution < 1.29 is 51.6 Å². The smallest absolute Gasteiger partial charge is 0.413 e. The molecule has 61 heavy (non-hydrogen) atoms. The lowest BCUT2D eigenvalue weighted by Crippen LogP contribution is -2.70. The molecule has 5 aliphatic rings. The normalized spacial score (nSPS) is 20.1. The minimum absolute atomic E-state index is 0.0209. The molecule has 5 saturated heterocycles. The van der Waals surface area contributed by atoms with Gasteiger partial charge in [0.1, 0.15) is 49.4 Å². The van der Waals surface area contributed by atoms with Crippen LogP contribution < -0.4 is 14.4 Å². The highest BCUT2D eigenvalue weighted by molar-refractivity contribution is 7.39. The molecule has 0 radical (unpaired) electrons. The zero-order chi connectivity index (χ0) is 43.5. The average Bonchev–Trinajstić information content (AvgIpc) is 3.82. The van der Waals surface area contributed by atoms with Crippen molar-refractivity contribution >= 4 is 75.5 Å². The molecule has 2 aromatic carbocycles. The molecule has 3 unspecified atom stereocenters. The van der Waals surface area contributed by atoms with E-state index in [-0.39, 0.29) is 86.6 Å². The molecule has 2 N–H and O–H groups in total. The number of esters is 1. The van der Waals surface area contributed by atoms with Gasteiger partial charge in [0.05, 0.1) is 34.4 Å². The first-order valence-electron chi connectivity index (χ1n) is 20.1. The van der Waals surface area contributed by atoms with Crippen LogP contribution in [0.5, 0.6) is 11.8 Å². The molecule has 2 bridgehead atoms. The number of anilines is 1. The second-order valence-corrected chi connectivity index (χ2v) is 17.8. The number of pyridine rings is 1. The number of ether oxygens (including phenoxy) is 4. The molecule has 3 atom stereocenters. The van der Waals surface area contributed by atoms with Gasteiger partial charge in [-0.1, -0.05) is 37.4 Å². The van der Waals surface area contributed by atoms with E-state index in [1.807, 2.05) is 20.6 Å². The van der Waals surface area contributed by atoms with E-state index in [1.165, 1.54) is 31.2 Å². The summed E-state index contributed by atoms with van der Waals surface area (Å²) < 4.78 is 60.8. The molecule has 2 aromatic heterocycles. The highest BCUT2D eigenvalue weighted by Gasteiger charge is 2.55. The Kier molecular flexibility index (Phi) is 11.7. The van der Waals surface area contributed by atoms with Gasteiger partial charge in [-0.15, -0.1) is 6.42 Å². The van der Waals surface area contributed by atoms with E-state index in [0.717, 1.165) is 38.8 Å². The molecule has 1 amide bonds. The number of piperazine rings is 1. The Bertz CT molecular complexity index is 2440. The van der Waals surface area contributed by atoms with Gasteiger partial charge in [0.25, 0.3) is 0 Å². The maximum atomic E-state index is 17.6. The second kappa shape index (κ2) is 16.6. The summed E-state index contributed by atoms with van der Waals surface area (Å²) >= 11 is 7.05. The lowest BCUT2D eigenvalue weighted by Gasteiger charge is -2.55. The predicted molar refractivity (Wildman–Crippen MR) is 227 cm³/mol. The summed E-state index contributed by atoms with van der Waals surface area (Å²) in [6.07, 6.45) is 8.59. The molecule has 4 aromatic rings.